The van der Waals surface area contributed by atoms with E-state index in [1.807, 2.05) is 4.98 Å². The quantitative estimate of drug-likeness (QED) is 0.260. The van der Waals surface area contributed by atoms with Gasteiger partial charge in [0, 0.05) is 0 Å². The lowest BCUT2D eigenvalue weighted by Gasteiger charge is -2.14. The Hall–Kier alpha value is -1.24. The van der Waals surface area contributed by atoms with Gasteiger partial charge in [0.2, 0.25) is 8.53 Å². The predicted octanol–water partition coefficient (Wildman–Crippen LogP) is -4.30. The number of nitrogens with two attached hydrogens (primary N) is 1. The summed E-state index contributed by atoms with van der Waals surface area (Å²) in [5.41, 5.74) is 2.74. The Labute approximate surface area is 118 Å². The molecule has 0 radical (unpaired) electrons. The first-order chi connectivity index (χ1) is 9.77. The van der Waals surface area contributed by atoms with Crippen LogP contribution in [-0.2, 0) is 4.74 Å². The molecule has 1 aliphatic rings. The summed E-state index contributed by atoms with van der Waals surface area (Å²) in [4.78, 5) is 39.0. The number of ether oxygens (including phenoxy) is 1. The maximum Gasteiger partial charge on any atom is 0.347 e. The first kappa shape index (κ1) is 17.8. The average molecular weight is 326 g/mol. The van der Waals surface area contributed by atoms with Crippen LogP contribution in [0, 0.1) is 0 Å². The van der Waals surface area contributed by atoms with Crippen molar-refractivity contribution < 1.29 is 29.8 Å². The van der Waals surface area contributed by atoms with Crippen LogP contribution < -0.4 is 16.8 Å². The molecule has 1 aromatic rings. The van der Waals surface area contributed by atoms with Crippen molar-refractivity contribution in [3.63, 3.8) is 0 Å². The molecule has 0 amide bonds. The van der Waals surface area contributed by atoms with Gasteiger partial charge in [-0.25, -0.2) is 4.79 Å². The van der Waals surface area contributed by atoms with Crippen molar-refractivity contribution >= 4 is 8.53 Å². The Morgan fingerprint density at radius 1 is 1.38 bits per heavy atom. The number of aromatic nitrogens is 3. The Balaban J connectivity index is 0.000000491. The van der Waals surface area contributed by atoms with Crippen LogP contribution in [-0.4, -0.2) is 64.8 Å². The number of rotatable bonds is 2. The van der Waals surface area contributed by atoms with Crippen molar-refractivity contribution in [2.24, 2.45) is 5.50 Å². The van der Waals surface area contributed by atoms with Gasteiger partial charge in [0.1, 0.15) is 24.5 Å². The molecule has 0 bridgehead atoms. The molecule has 0 saturated carbocycles. The third-order valence-electron chi connectivity index (χ3n) is 2.50. The molecule has 2 heterocycles. The Kier molecular flexibility index (Phi) is 6.51. The molecule has 1 aliphatic heterocycles. The highest BCUT2D eigenvalue weighted by Gasteiger charge is 2.44. The highest BCUT2D eigenvalue weighted by Crippen LogP contribution is 2.27. The summed E-state index contributed by atoms with van der Waals surface area (Å²) in [6, 6.07) is 0. The smallest absolute Gasteiger partial charge is 0.347 e. The van der Waals surface area contributed by atoms with Gasteiger partial charge in [-0.15, -0.1) is 0 Å². The Morgan fingerprint density at radius 2 is 1.95 bits per heavy atom. The van der Waals surface area contributed by atoms with E-state index in [1.54, 1.807) is 0 Å². The minimum Gasteiger partial charge on any atom is -0.394 e. The molecular formula is C8H15N4O8P. The van der Waals surface area contributed by atoms with E-state index in [4.69, 9.17) is 19.6 Å². The molecule has 1 fully saturated rings. The van der Waals surface area contributed by atoms with Gasteiger partial charge in [0.15, 0.2) is 6.23 Å². The summed E-state index contributed by atoms with van der Waals surface area (Å²) in [6.07, 6.45) is -4.15. The Morgan fingerprint density at radius 3 is 2.38 bits per heavy atom. The number of aliphatic hydroxyl groups is 3. The lowest BCUT2D eigenvalue weighted by Crippen LogP contribution is -2.39. The van der Waals surface area contributed by atoms with Gasteiger partial charge in [-0.2, -0.15) is 9.78 Å². The van der Waals surface area contributed by atoms with Gasteiger partial charge < -0.3 is 29.8 Å². The summed E-state index contributed by atoms with van der Waals surface area (Å²) < 4.78 is 5.77. The summed E-state index contributed by atoms with van der Waals surface area (Å²) in [7, 11) is -2.12. The third-order valence-corrected chi connectivity index (χ3v) is 2.50. The number of H-pyrrole nitrogens is 1. The summed E-state index contributed by atoms with van der Waals surface area (Å²) in [6.45, 7) is -0.507. The van der Waals surface area contributed by atoms with Crippen LogP contribution in [0.5, 0.6) is 0 Å². The minimum absolute atomic E-state index is 0.507. The molecule has 13 heteroatoms. The normalized spacial score (nSPS) is 28.3. The third kappa shape index (κ3) is 4.62. The molecule has 0 aromatic carbocycles. The number of nitrogens with one attached hydrogen (secondary N) is 1. The van der Waals surface area contributed by atoms with E-state index in [2.05, 4.69) is 10.6 Å². The maximum absolute atomic E-state index is 11.4. The number of hydrogen-bond acceptors (Lipinski definition) is 10. The van der Waals surface area contributed by atoms with Crippen molar-refractivity contribution in [3.05, 3.63) is 27.0 Å². The van der Waals surface area contributed by atoms with Crippen LogP contribution >= 0.6 is 8.53 Å². The predicted molar refractivity (Wildman–Crippen MR) is 67.7 cm³/mol. The second kappa shape index (κ2) is 7.68. The maximum atomic E-state index is 11.4. The van der Waals surface area contributed by atoms with E-state index in [-0.39, 0.29) is 0 Å². The second-order valence-electron chi connectivity index (χ2n) is 3.93. The molecule has 120 valence electrons. The van der Waals surface area contributed by atoms with Crippen molar-refractivity contribution in [2.75, 3.05) is 6.61 Å². The molecule has 21 heavy (non-hydrogen) atoms. The summed E-state index contributed by atoms with van der Waals surface area (Å²) in [5.74, 6) is 0. The van der Waals surface area contributed by atoms with E-state index in [9.17, 15) is 19.8 Å². The zero-order chi connectivity index (χ0) is 16.2. The van der Waals surface area contributed by atoms with E-state index < -0.39 is 50.9 Å². The molecule has 1 saturated heterocycles. The first-order valence-corrected chi connectivity index (χ1v) is 6.82. The molecule has 4 atom stereocenters. The molecule has 0 aliphatic carbocycles. The molecule has 0 spiro atoms. The van der Waals surface area contributed by atoms with Crippen LogP contribution in [0.25, 0.3) is 0 Å². The highest BCUT2D eigenvalue weighted by atomic mass is 31.2. The second-order valence-corrected chi connectivity index (χ2v) is 4.57. The van der Waals surface area contributed by atoms with Crippen molar-refractivity contribution in [3.8, 4) is 0 Å². The van der Waals surface area contributed by atoms with Gasteiger partial charge in [-0.1, -0.05) is 0 Å². The highest BCUT2D eigenvalue weighted by molar-refractivity contribution is 7.42. The van der Waals surface area contributed by atoms with E-state index in [1.165, 1.54) is 0 Å². The number of aromatic amines is 1. The Bertz CT molecular complexity index is 559. The zero-order valence-electron chi connectivity index (χ0n) is 10.5. The minimum atomic E-state index is -2.12. The summed E-state index contributed by atoms with van der Waals surface area (Å²) >= 11 is 0. The largest absolute Gasteiger partial charge is 0.394 e. The fourth-order valence-corrected chi connectivity index (χ4v) is 1.63. The first-order valence-electron chi connectivity index (χ1n) is 5.51. The topological polar surface area (TPSA) is 204 Å². The lowest BCUT2D eigenvalue weighted by atomic mass is 10.1. The van der Waals surface area contributed by atoms with Crippen molar-refractivity contribution in [2.45, 2.75) is 24.5 Å². The average Bonchev–Trinajstić information content (AvgIpc) is 2.66. The van der Waals surface area contributed by atoms with E-state index in [0.29, 0.717) is 4.68 Å². The molecule has 2 rings (SSSR count). The van der Waals surface area contributed by atoms with Gasteiger partial charge in [0.25, 0.3) is 5.56 Å². The van der Waals surface area contributed by atoms with Gasteiger partial charge in [-0.05, 0) is 0 Å². The zero-order valence-corrected chi connectivity index (χ0v) is 11.4. The SMILES string of the molecule is NP(O)O.O=c1cnn([C@@H]2O[C@H](CO)[C@@H](O)[C@H]2O)c(=O)[nH]1. The van der Waals surface area contributed by atoms with E-state index in [0.717, 1.165) is 6.20 Å². The molecule has 12 nitrogen and oxygen atoms in total. The summed E-state index contributed by atoms with van der Waals surface area (Å²) in [5, 5.41) is 31.5. The van der Waals surface area contributed by atoms with Gasteiger partial charge in [-0.3, -0.25) is 15.3 Å². The fourth-order valence-electron chi connectivity index (χ4n) is 1.63. The lowest BCUT2D eigenvalue weighted by molar-refractivity contribution is -0.0618. The van der Waals surface area contributed by atoms with Crippen molar-refractivity contribution in [1.29, 1.82) is 0 Å². The number of aliphatic hydroxyl groups excluding tert-OH is 3. The van der Waals surface area contributed by atoms with E-state index >= 15 is 0 Å². The fraction of sp³-hybridized carbons (Fsp3) is 0.625. The van der Waals surface area contributed by atoms with Gasteiger partial charge in [0.05, 0.1) is 6.61 Å². The molecular weight excluding hydrogens is 311 g/mol. The molecule has 0 unspecified atom stereocenters. The number of nitrogens with zero attached hydrogens (tertiary/aromatic N) is 2. The number of hydrogen-bond donors (Lipinski definition) is 7. The standard InChI is InChI=1S/C8H11N3O6.H4NO2P/c12-2-3-5(14)6(15)7(17-3)11-8(16)10-4(13)1-9-11;1-4(2)3/h1,3,5-7,12,14-15H,2H2,(H,10,13,16);2-3H,1H2/t3-,5-,6-,7-;/m1./s1. The van der Waals surface area contributed by atoms with Crippen molar-refractivity contribution in [1.82, 2.24) is 14.8 Å². The molecule has 8 N–H and O–H groups in total. The van der Waals surface area contributed by atoms with Crippen LogP contribution in [0.15, 0.2) is 15.8 Å². The van der Waals surface area contributed by atoms with Crippen LogP contribution in [0.2, 0.25) is 0 Å². The molecule has 1 aromatic heterocycles. The van der Waals surface area contributed by atoms with Gasteiger partial charge >= 0.3 is 5.69 Å². The van der Waals surface area contributed by atoms with Crippen LogP contribution in [0.4, 0.5) is 0 Å². The monoisotopic (exact) mass is 326 g/mol. The van der Waals surface area contributed by atoms with Crippen LogP contribution in [0.1, 0.15) is 6.23 Å². The van der Waals surface area contributed by atoms with Crippen LogP contribution in [0.3, 0.4) is 0 Å².